The highest BCUT2D eigenvalue weighted by atomic mass is 16.5. The molecule has 4 nitrogen and oxygen atoms in total. The van der Waals surface area contributed by atoms with Gasteiger partial charge < -0.3 is 10.1 Å². The Balaban J connectivity index is 2.36. The maximum absolute atomic E-state index is 5.38. The predicted octanol–water partition coefficient (Wildman–Crippen LogP) is 1.89. The van der Waals surface area contributed by atoms with E-state index >= 15 is 0 Å². The second-order valence-corrected chi connectivity index (χ2v) is 5.02. The number of rotatable bonds is 7. The monoisotopic (exact) mass is 239 g/mol. The molecule has 4 heteroatoms. The predicted molar refractivity (Wildman–Crippen MR) is 70.0 cm³/mol. The van der Waals surface area contributed by atoms with Crippen molar-refractivity contribution in [1.82, 2.24) is 15.1 Å². The Kier molecular flexibility index (Phi) is 5.15. The quantitative estimate of drug-likeness (QED) is 0.739. The van der Waals surface area contributed by atoms with Crippen LogP contribution >= 0.6 is 0 Å². The van der Waals surface area contributed by atoms with Crippen molar-refractivity contribution < 1.29 is 4.74 Å². The first-order valence-corrected chi connectivity index (χ1v) is 6.25. The van der Waals surface area contributed by atoms with Gasteiger partial charge in [0.15, 0.2) is 0 Å². The van der Waals surface area contributed by atoms with E-state index in [1.54, 1.807) is 7.11 Å². The van der Waals surface area contributed by atoms with Crippen LogP contribution in [0.3, 0.4) is 0 Å². The van der Waals surface area contributed by atoms with Crippen LogP contribution in [0.5, 0.6) is 0 Å². The van der Waals surface area contributed by atoms with E-state index in [0.717, 1.165) is 25.9 Å². The first-order valence-electron chi connectivity index (χ1n) is 6.25. The number of methoxy groups -OCH3 is 1. The van der Waals surface area contributed by atoms with E-state index in [-0.39, 0.29) is 5.60 Å². The maximum atomic E-state index is 5.38. The average Bonchev–Trinajstić information content (AvgIpc) is 2.65. The molecule has 17 heavy (non-hydrogen) atoms. The van der Waals surface area contributed by atoms with Gasteiger partial charge in [0.05, 0.1) is 11.3 Å². The van der Waals surface area contributed by atoms with Gasteiger partial charge in [-0.05, 0) is 33.2 Å². The molecule has 0 aliphatic carbocycles. The molecule has 1 aromatic rings. The Labute approximate surface area is 104 Å². The van der Waals surface area contributed by atoms with E-state index in [1.165, 1.54) is 11.3 Å². The number of hydrogen-bond acceptors (Lipinski definition) is 3. The van der Waals surface area contributed by atoms with Crippen LogP contribution in [0.1, 0.15) is 38.4 Å². The molecule has 0 radical (unpaired) electrons. The van der Waals surface area contributed by atoms with Crippen LogP contribution in [-0.4, -0.2) is 29.0 Å². The fourth-order valence-corrected chi connectivity index (χ4v) is 1.74. The number of aryl methyl sites for hydroxylation is 2. The van der Waals surface area contributed by atoms with E-state index in [4.69, 9.17) is 4.74 Å². The first kappa shape index (κ1) is 14.2. The summed E-state index contributed by atoms with van der Waals surface area (Å²) in [5.74, 6) is 0. The second-order valence-electron chi connectivity index (χ2n) is 5.02. The Morgan fingerprint density at radius 2 is 2.18 bits per heavy atom. The Morgan fingerprint density at radius 1 is 1.47 bits per heavy atom. The first-order chi connectivity index (χ1) is 7.98. The second kappa shape index (κ2) is 6.17. The number of hydrogen-bond donors (Lipinski definition) is 1. The molecule has 0 atom stereocenters. The van der Waals surface area contributed by atoms with Crippen molar-refractivity contribution in [2.24, 2.45) is 7.05 Å². The molecule has 0 unspecified atom stereocenters. The molecule has 98 valence electrons. The average molecular weight is 239 g/mol. The number of aromatic nitrogens is 2. The Hall–Kier alpha value is -0.870. The SMILES string of the molecule is CCc1nn(C)cc1CNCCC(C)(C)OC. The molecule has 0 amide bonds. The summed E-state index contributed by atoms with van der Waals surface area (Å²) in [5, 5.41) is 7.87. The summed E-state index contributed by atoms with van der Waals surface area (Å²) in [7, 11) is 3.73. The van der Waals surface area contributed by atoms with E-state index in [2.05, 4.69) is 37.4 Å². The lowest BCUT2D eigenvalue weighted by atomic mass is 10.1. The maximum Gasteiger partial charge on any atom is 0.0666 e. The molecule has 0 aliphatic rings. The minimum Gasteiger partial charge on any atom is -0.379 e. The van der Waals surface area contributed by atoms with Crippen LogP contribution in [0.15, 0.2) is 6.20 Å². The van der Waals surface area contributed by atoms with Crippen molar-refractivity contribution in [3.8, 4) is 0 Å². The van der Waals surface area contributed by atoms with E-state index in [9.17, 15) is 0 Å². The third-order valence-corrected chi connectivity index (χ3v) is 3.10. The van der Waals surface area contributed by atoms with Crippen LogP contribution in [0.2, 0.25) is 0 Å². The Morgan fingerprint density at radius 3 is 2.76 bits per heavy atom. The summed E-state index contributed by atoms with van der Waals surface area (Å²) in [6.07, 6.45) is 4.08. The van der Waals surface area contributed by atoms with Gasteiger partial charge in [-0.15, -0.1) is 0 Å². The fourth-order valence-electron chi connectivity index (χ4n) is 1.74. The zero-order valence-electron chi connectivity index (χ0n) is 11.7. The third kappa shape index (κ3) is 4.48. The summed E-state index contributed by atoms with van der Waals surface area (Å²) in [4.78, 5) is 0. The molecule has 0 bridgehead atoms. The van der Waals surface area contributed by atoms with E-state index in [1.807, 2.05) is 11.7 Å². The number of nitrogens with one attached hydrogen (secondary N) is 1. The highest BCUT2D eigenvalue weighted by molar-refractivity contribution is 5.16. The van der Waals surface area contributed by atoms with Gasteiger partial charge in [0.25, 0.3) is 0 Å². The summed E-state index contributed by atoms with van der Waals surface area (Å²) < 4.78 is 7.27. The van der Waals surface area contributed by atoms with Crippen molar-refractivity contribution in [2.45, 2.75) is 45.8 Å². The molecular formula is C13H25N3O. The van der Waals surface area contributed by atoms with Crippen molar-refractivity contribution in [2.75, 3.05) is 13.7 Å². The van der Waals surface area contributed by atoms with Gasteiger partial charge in [-0.1, -0.05) is 6.92 Å². The van der Waals surface area contributed by atoms with E-state index in [0.29, 0.717) is 0 Å². The summed E-state index contributed by atoms with van der Waals surface area (Å²) >= 11 is 0. The fraction of sp³-hybridized carbons (Fsp3) is 0.769. The molecule has 1 N–H and O–H groups in total. The van der Waals surface area contributed by atoms with Gasteiger partial charge in [-0.3, -0.25) is 4.68 Å². The van der Waals surface area contributed by atoms with Crippen LogP contribution in [-0.2, 0) is 24.8 Å². The lowest BCUT2D eigenvalue weighted by molar-refractivity contribution is 0.0158. The van der Waals surface area contributed by atoms with Gasteiger partial charge in [-0.2, -0.15) is 5.10 Å². The number of nitrogens with zero attached hydrogens (tertiary/aromatic N) is 2. The smallest absolute Gasteiger partial charge is 0.0666 e. The minimum atomic E-state index is -0.0461. The molecule has 0 saturated carbocycles. The molecule has 0 aromatic carbocycles. The van der Waals surface area contributed by atoms with Crippen molar-refractivity contribution in [3.63, 3.8) is 0 Å². The van der Waals surface area contributed by atoms with Gasteiger partial charge in [0, 0.05) is 32.5 Å². The van der Waals surface area contributed by atoms with Crippen molar-refractivity contribution >= 4 is 0 Å². The lowest BCUT2D eigenvalue weighted by Crippen LogP contribution is -2.28. The largest absolute Gasteiger partial charge is 0.379 e. The van der Waals surface area contributed by atoms with Gasteiger partial charge in [0.1, 0.15) is 0 Å². The zero-order valence-corrected chi connectivity index (χ0v) is 11.7. The van der Waals surface area contributed by atoms with Gasteiger partial charge in [-0.25, -0.2) is 0 Å². The molecule has 1 heterocycles. The molecular weight excluding hydrogens is 214 g/mol. The van der Waals surface area contributed by atoms with Gasteiger partial charge in [0.2, 0.25) is 0 Å². The van der Waals surface area contributed by atoms with Crippen molar-refractivity contribution in [3.05, 3.63) is 17.5 Å². The molecule has 0 spiro atoms. The van der Waals surface area contributed by atoms with Crippen LogP contribution in [0, 0.1) is 0 Å². The Bertz CT molecular complexity index is 344. The lowest BCUT2D eigenvalue weighted by Gasteiger charge is -2.22. The summed E-state index contributed by atoms with van der Waals surface area (Å²) in [5.41, 5.74) is 2.44. The summed E-state index contributed by atoms with van der Waals surface area (Å²) in [6.45, 7) is 8.20. The highest BCUT2D eigenvalue weighted by Crippen LogP contribution is 2.12. The normalized spacial score (nSPS) is 12.1. The minimum absolute atomic E-state index is 0.0461. The highest BCUT2D eigenvalue weighted by Gasteiger charge is 2.15. The molecule has 0 saturated heterocycles. The molecule has 0 fully saturated rings. The zero-order chi connectivity index (χ0) is 12.9. The molecule has 0 aliphatic heterocycles. The molecule has 1 aromatic heterocycles. The van der Waals surface area contributed by atoms with Crippen LogP contribution in [0.25, 0.3) is 0 Å². The molecule has 1 rings (SSSR count). The van der Waals surface area contributed by atoms with Crippen LogP contribution in [0.4, 0.5) is 0 Å². The van der Waals surface area contributed by atoms with Crippen LogP contribution < -0.4 is 5.32 Å². The number of ether oxygens (including phenoxy) is 1. The standard InChI is InChI=1S/C13H25N3O/c1-6-12-11(10-16(4)15-12)9-14-8-7-13(2,3)17-5/h10,14H,6-9H2,1-5H3. The third-order valence-electron chi connectivity index (χ3n) is 3.10. The van der Waals surface area contributed by atoms with E-state index < -0.39 is 0 Å². The topological polar surface area (TPSA) is 39.1 Å². The van der Waals surface area contributed by atoms with Gasteiger partial charge >= 0.3 is 0 Å². The van der Waals surface area contributed by atoms with Crippen molar-refractivity contribution in [1.29, 1.82) is 0 Å². The summed E-state index contributed by atoms with van der Waals surface area (Å²) in [6, 6.07) is 0.